The van der Waals surface area contributed by atoms with E-state index in [4.69, 9.17) is 55.4 Å². The topological polar surface area (TPSA) is 419 Å². The number of benzene rings is 10. The lowest BCUT2D eigenvalue weighted by molar-refractivity contribution is -0.137. The summed E-state index contributed by atoms with van der Waals surface area (Å²) in [6.45, 7) is 15.1. The Morgan fingerprint density at radius 3 is 1.31 bits per heavy atom. The van der Waals surface area contributed by atoms with Crippen LogP contribution in [0, 0.1) is 18.2 Å². The molecule has 1 unspecified atom stereocenters. The largest absolute Gasteiger partial charge is 0.457 e. The zero-order chi connectivity index (χ0) is 105. The van der Waals surface area contributed by atoms with Crippen LogP contribution in [0.15, 0.2) is 373 Å². The number of aromatic nitrogens is 11. The average Bonchev–Trinajstić information content (AvgIpc) is 1.70. The molecule has 0 bridgehead atoms. The zero-order valence-electron chi connectivity index (χ0n) is 78.8. The van der Waals surface area contributed by atoms with E-state index < -0.39 is 22.6 Å². The third-order valence-corrected chi connectivity index (χ3v) is 21.2. The van der Waals surface area contributed by atoms with E-state index in [1.807, 2.05) is 133 Å². The predicted molar refractivity (Wildman–Crippen MR) is 572 cm³/mol. The van der Waals surface area contributed by atoms with Crippen LogP contribution in [-0.2, 0) is 47.8 Å². The standard InChI is InChI=1S/C28H21Cl2F3N4O3.C24H19N5O3.C21H17N5O.C19H17N5O.C17H17ClFN5O/c29-15-26(39)37-20-3-1-2-19(13-20)36-25-14-27(35-16-34-25)40-22-7-4-17(5-8-22)10-21(38)11-18-6-9-24(30)23(12-18)28(31,32)33;1-2-23(30)29-21-10-6-9-20(27-21)28-22-15-24(26-16-25-22)32-19-13-11-18(12-14-19)31-17-7-4-3-5-8-17;1-3-15-7-5-8-16(11-15)24-19-13-20(23-14-22-19)25-17-9-6-10-18(12-17)26-21(27)4-2;1-2-19(25)24-16-10-6-9-15(11-16)23-18-12-17(20-13-21-18)22-14-7-4-3-5-8-14;1-2-17(25)24-6-5-12(9-24)23-16-8-15(20-10-21-16)22-11-3-4-14(19)13(18)7-11/h1-9,12-14,16H,10-11,15H2,(H,37,39)(H,34,35,36);2-16H,1H2,(H2,25,26,27,28,29,30);1,4-14H,2H2,(H,26,27)(H2,22,23,24,25);2-13H,1H2,(H,24,25)(H2,20,21,22,23);2-4,7-8,10,12H,1,5-6,9H2,(H2,20,21,22,23). The molecule has 1 fully saturated rings. The summed E-state index contributed by atoms with van der Waals surface area (Å²) in [5, 5.41) is 35.6. The number of para-hydroxylation sites is 2. The van der Waals surface area contributed by atoms with Gasteiger partial charge >= 0.3 is 6.18 Å². The number of Topliss-reactive ketones (excluding diaryl/α,β-unsaturated/α-hetero) is 1. The summed E-state index contributed by atoms with van der Waals surface area (Å²) in [5.41, 5.74) is 7.27. The number of hydrogen-bond acceptors (Lipinski definition) is 28. The molecule has 10 aromatic carbocycles. The molecule has 17 rings (SSSR count). The number of pyridine rings is 1. The number of nitrogens with zero attached hydrogens (tertiary/aromatic N) is 12. The van der Waals surface area contributed by atoms with Crippen LogP contribution >= 0.6 is 34.8 Å². The van der Waals surface area contributed by atoms with Crippen molar-refractivity contribution in [2.75, 3.05) is 82.8 Å². The molecule has 12 N–H and O–H groups in total. The highest BCUT2D eigenvalue weighted by Crippen LogP contribution is 2.37. The highest BCUT2D eigenvalue weighted by Gasteiger charge is 2.34. The number of alkyl halides is 4. The van der Waals surface area contributed by atoms with Crippen molar-refractivity contribution < 1.29 is 60.5 Å². The van der Waals surface area contributed by atoms with Crippen LogP contribution in [0.1, 0.15) is 28.7 Å². The Kier molecular flexibility index (Phi) is 38.9. The normalized spacial score (nSPS) is 11.4. The molecule has 0 aliphatic carbocycles. The van der Waals surface area contributed by atoms with Crippen LogP contribution in [0.25, 0.3) is 0 Å². The minimum absolute atomic E-state index is 0.0373. The van der Waals surface area contributed by atoms with Gasteiger partial charge in [-0.25, -0.2) is 59.2 Å². The van der Waals surface area contributed by atoms with Gasteiger partial charge in [-0.15, -0.1) is 18.0 Å². The van der Waals surface area contributed by atoms with Gasteiger partial charge < -0.3 is 82.9 Å². The van der Waals surface area contributed by atoms with Crippen molar-refractivity contribution >= 4 is 179 Å². The average molecular weight is 2060 g/mol. The van der Waals surface area contributed by atoms with Crippen molar-refractivity contribution in [3.05, 3.63) is 412 Å². The number of ether oxygens (including phenoxy) is 3. The molecule has 33 nitrogen and oxygen atoms in total. The molecular weight excluding hydrogens is 1970 g/mol. The molecule has 149 heavy (non-hydrogen) atoms. The van der Waals surface area contributed by atoms with Gasteiger partial charge in [-0.05, 0) is 218 Å². The van der Waals surface area contributed by atoms with Gasteiger partial charge in [0.2, 0.25) is 41.3 Å². The third-order valence-electron chi connectivity index (χ3n) is 20.3. The minimum atomic E-state index is -4.60. The molecule has 750 valence electrons. The van der Waals surface area contributed by atoms with Gasteiger partial charge in [0, 0.05) is 119 Å². The smallest absolute Gasteiger partial charge is 0.417 e. The fourth-order valence-corrected chi connectivity index (χ4v) is 14.0. The number of carbonyl (C=O) groups is 6. The van der Waals surface area contributed by atoms with E-state index in [-0.39, 0.29) is 76.5 Å². The predicted octanol–water partition coefficient (Wildman–Crippen LogP) is 23.9. The first-order chi connectivity index (χ1) is 72.2. The van der Waals surface area contributed by atoms with Crippen LogP contribution in [0.5, 0.6) is 34.8 Å². The fraction of sp³-hybridized carbons (Fsp3) is 0.0734. The number of rotatable bonds is 35. The Hall–Kier alpha value is -19.3. The second kappa shape index (κ2) is 54.2. The van der Waals surface area contributed by atoms with E-state index in [1.54, 1.807) is 132 Å². The molecule has 1 aliphatic heterocycles. The molecular formula is C109H91Cl3F4N24O9. The Balaban J connectivity index is 0.000000157. The molecule has 7 heterocycles. The van der Waals surface area contributed by atoms with Crippen molar-refractivity contribution in [2.45, 2.75) is 31.5 Å². The summed E-state index contributed by atoms with van der Waals surface area (Å²) in [4.78, 5) is 118. The molecule has 40 heteroatoms. The van der Waals surface area contributed by atoms with Gasteiger partial charge in [0.15, 0.2) is 0 Å². The molecule has 6 aromatic heterocycles. The lowest BCUT2D eigenvalue weighted by Gasteiger charge is -2.16. The SMILES string of the molecule is C#Cc1cccc(Nc2cc(Nc3cccc(NC(=O)C=C)c3)ncn2)c1.C=CC(=O)N1CCC(Nc2cc(Nc3ccc(F)c(Cl)c3)ncn2)C1.C=CC(=O)Nc1cccc(Nc2cc(Nc3ccccc3)ncn2)c1.C=CC(=O)Nc1cccc(Nc2cc(Oc3ccc(Oc4ccccc4)cc3)ncn2)n1.O=C(Cc1ccc(Oc2cc(Nc3cccc(NC(=O)CCl)c3)ncn2)cc1)Cc1ccc(Cl)c(C(F)(F)F)c1. The Morgan fingerprint density at radius 1 is 0.389 bits per heavy atom. The first kappa shape index (κ1) is 107. The second-order valence-electron chi connectivity index (χ2n) is 31.4. The number of nitrogens with one attached hydrogen (secondary N) is 12. The first-order valence-corrected chi connectivity index (χ1v) is 46.3. The van der Waals surface area contributed by atoms with Crippen molar-refractivity contribution in [2.24, 2.45) is 0 Å². The molecule has 0 saturated carbocycles. The van der Waals surface area contributed by atoms with Gasteiger partial charge in [0.1, 0.15) is 130 Å². The van der Waals surface area contributed by atoms with Gasteiger partial charge in [-0.3, -0.25) is 28.8 Å². The van der Waals surface area contributed by atoms with Crippen LogP contribution in [0.3, 0.4) is 0 Å². The molecule has 1 aliphatic rings. The van der Waals surface area contributed by atoms with E-state index in [2.05, 4.69) is 151 Å². The molecule has 0 radical (unpaired) electrons. The van der Waals surface area contributed by atoms with Crippen molar-refractivity contribution in [1.82, 2.24) is 59.7 Å². The maximum absolute atomic E-state index is 13.2. The van der Waals surface area contributed by atoms with Gasteiger partial charge in [0.05, 0.1) is 15.6 Å². The number of carbonyl (C=O) groups excluding carboxylic acids is 6. The highest BCUT2D eigenvalue weighted by atomic mass is 35.5. The molecule has 0 spiro atoms. The minimum Gasteiger partial charge on any atom is -0.457 e. The maximum atomic E-state index is 13.2. The fourth-order valence-electron chi connectivity index (χ4n) is 13.5. The Labute approximate surface area is 867 Å². The van der Waals surface area contributed by atoms with E-state index in [1.165, 1.54) is 74.1 Å². The Bertz CT molecular complexity index is 7440. The summed E-state index contributed by atoms with van der Waals surface area (Å²) >= 11 is 17.0. The maximum Gasteiger partial charge on any atom is 0.417 e. The molecule has 16 aromatic rings. The van der Waals surface area contributed by atoms with Crippen molar-refractivity contribution in [3.63, 3.8) is 0 Å². The molecule has 5 amide bonds. The molecule has 1 saturated heterocycles. The summed E-state index contributed by atoms with van der Waals surface area (Å²) in [6.07, 6.45) is 13.6. The molecule has 1 atom stereocenters. The number of hydrogen-bond donors (Lipinski definition) is 12. The van der Waals surface area contributed by atoms with Gasteiger partial charge in [0.25, 0.3) is 0 Å². The summed E-state index contributed by atoms with van der Waals surface area (Å²) < 4.78 is 69.9. The van der Waals surface area contributed by atoms with E-state index in [9.17, 15) is 46.3 Å². The number of anilines is 19. The summed E-state index contributed by atoms with van der Waals surface area (Å²) in [5.74, 6) is 9.16. The van der Waals surface area contributed by atoms with Crippen LogP contribution < -0.4 is 78.0 Å². The third kappa shape index (κ3) is 35.4. The van der Waals surface area contributed by atoms with E-state index in [0.717, 1.165) is 52.6 Å². The number of amides is 5. The monoisotopic (exact) mass is 2060 g/mol. The Morgan fingerprint density at radius 2 is 0.799 bits per heavy atom. The number of ketones is 1. The number of halogens is 7. The van der Waals surface area contributed by atoms with Crippen LogP contribution in [0.2, 0.25) is 10.0 Å². The van der Waals surface area contributed by atoms with Gasteiger partial charge in [-0.2, -0.15) is 13.2 Å². The van der Waals surface area contributed by atoms with Crippen molar-refractivity contribution in [3.8, 4) is 47.1 Å². The van der Waals surface area contributed by atoms with E-state index >= 15 is 0 Å². The van der Waals surface area contributed by atoms with Gasteiger partial charge in [-0.1, -0.05) is 140 Å². The first-order valence-electron chi connectivity index (χ1n) is 45.0. The van der Waals surface area contributed by atoms with Crippen molar-refractivity contribution in [1.29, 1.82) is 0 Å². The highest BCUT2D eigenvalue weighted by molar-refractivity contribution is 6.31. The number of likely N-dealkylation sites (tertiary alicyclic amines) is 1. The lowest BCUT2D eigenvalue weighted by atomic mass is 10.0. The van der Waals surface area contributed by atoms with E-state index in [0.29, 0.717) is 128 Å². The summed E-state index contributed by atoms with van der Waals surface area (Å²) in [6, 6.07) is 84.0. The zero-order valence-corrected chi connectivity index (χ0v) is 81.1. The van der Waals surface area contributed by atoms with Crippen LogP contribution in [-0.4, -0.2) is 120 Å². The lowest BCUT2D eigenvalue weighted by Crippen LogP contribution is -2.30. The summed E-state index contributed by atoms with van der Waals surface area (Å²) in [7, 11) is 0. The quantitative estimate of drug-likeness (QED) is 0.00759. The van der Waals surface area contributed by atoms with Crippen LogP contribution in [0.4, 0.5) is 127 Å². The number of terminal acetylenes is 1. The second-order valence-corrected chi connectivity index (χ2v) is 32.5.